The monoisotopic (exact) mass is 576 g/mol. The summed E-state index contributed by atoms with van der Waals surface area (Å²) in [5, 5.41) is 8.74. The van der Waals surface area contributed by atoms with Gasteiger partial charge >= 0.3 is 0 Å². The first-order valence-corrected chi connectivity index (χ1v) is 15.9. The average molecular weight is 577 g/mol. The number of nitrogens with zero attached hydrogens (tertiary/aromatic N) is 1. The van der Waals surface area contributed by atoms with Gasteiger partial charge in [0.25, 0.3) is 0 Å². The summed E-state index contributed by atoms with van der Waals surface area (Å²) < 4.78 is 0. The van der Waals surface area contributed by atoms with Gasteiger partial charge in [0.1, 0.15) is 0 Å². The molecular weight excluding hydrogens is 532 g/mol. The Hall–Kier alpha value is -4.56. The van der Waals surface area contributed by atoms with Gasteiger partial charge in [-0.2, -0.15) is 0 Å². The molecular formula is C42H44N2. The van der Waals surface area contributed by atoms with Crippen LogP contribution in [0.2, 0.25) is 0 Å². The summed E-state index contributed by atoms with van der Waals surface area (Å²) >= 11 is 0. The quantitative estimate of drug-likeness (QED) is 0.210. The van der Waals surface area contributed by atoms with Crippen molar-refractivity contribution >= 4 is 32.9 Å². The Bertz CT molecular complexity index is 1850. The highest BCUT2D eigenvalue weighted by molar-refractivity contribution is 5.95. The van der Waals surface area contributed by atoms with E-state index < -0.39 is 0 Å². The molecule has 0 radical (unpaired) electrons. The molecule has 0 saturated heterocycles. The van der Waals surface area contributed by atoms with Gasteiger partial charge in [0.05, 0.1) is 0 Å². The van der Waals surface area contributed by atoms with Crippen LogP contribution in [0.4, 0.5) is 11.4 Å². The van der Waals surface area contributed by atoms with Crippen molar-refractivity contribution in [3.63, 3.8) is 0 Å². The van der Waals surface area contributed by atoms with E-state index in [2.05, 4.69) is 165 Å². The molecule has 2 nitrogen and oxygen atoms in total. The summed E-state index contributed by atoms with van der Waals surface area (Å²) in [5.74, 6) is 0. The van der Waals surface area contributed by atoms with Gasteiger partial charge in [-0.05, 0) is 69.3 Å². The first-order chi connectivity index (χ1) is 21.4. The standard InChI is InChI=1S/C42H44N2/c1-31(42(29-17-18-30-42)39-34-22-15-13-20-32(34)25-27-36(39)43-4)19-11-9-7-6-8-10-12-24-38-41(2,3)40-35-23-16-14-21-33(35)26-28-37(40)44(38)5/h6-16,19-28,43H,1,17-18,29-30H2,2-5H3/b8-6+,9-7+,12-10+,19-11+,38-24+. The Kier molecular flexibility index (Phi) is 8.19. The molecule has 1 fully saturated rings. The zero-order valence-electron chi connectivity index (χ0n) is 26.6. The number of hydrogen-bond donors (Lipinski definition) is 1. The highest BCUT2D eigenvalue weighted by Crippen LogP contribution is 2.52. The third kappa shape index (κ3) is 5.13. The molecule has 2 heteroatoms. The van der Waals surface area contributed by atoms with Crippen molar-refractivity contribution in [3.05, 3.63) is 156 Å². The first kappa shape index (κ1) is 29.5. The Labute approximate surface area is 263 Å². The Morgan fingerprint density at radius 2 is 1.30 bits per heavy atom. The van der Waals surface area contributed by atoms with Gasteiger partial charge in [-0.25, -0.2) is 0 Å². The predicted octanol–water partition coefficient (Wildman–Crippen LogP) is 10.9. The largest absolute Gasteiger partial charge is 0.388 e. The van der Waals surface area contributed by atoms with Gasteiger partial charge in [-0.1, -0.05) is 143 Å². The number of likely N-dealkylation sites (N-methyl/N-ethyl adjacent to an activating group) is 1. The van der Waals surface area contributed by atoms with Gasteiger partial charge in [0, 0.05) is 42.0 Å². The molecule has 0 atom stereocenters. The second-order valence-corrected chi connectivity index (χ2v) is 12.7. The van der Waals surface area contributed by atoms with Gasteiger partial charge in [-0.15, -0.1) is 0 Å². The van der Waals surface area contributed by atoms with Gasteiger partial charge in [-0.3, -0.25) is 0 Å². The highest BCUT2D eigenvalue weighted by Gasteiger charge is 2.40. The number of benzene rings is 4. The van der Waals surface area contributed by atoms with Crippen molar-refractivity contribution in [2.24, 2.45) is 0 Å². The van der Waals surface area contributed by atoms with E-state index in [-0.39, 0.29) is 10.8 Å². The van der Waals surface area contributed by atoms with Crippen LogP contribution >= 0.6 is 0 Å². The lowest BCUT2D eigenvalue weighted by atomic mass is 9.70. The molecule has 1 aliphatic heterocycles. The molecule has 0 unspecified atom stereocenters. The Morgan fingerprint density at radius 3 is 1.95 bits per heavy atom. The number of anilines is 2. The molecule has 1 saturated carbocycles. The van der Waals surface area contributed by atoms with Crippen molar-refractivity contribution < 1.29 is 0 Å². The fourth-order valence-electron chi connectivity index (χ4n) is 7.70. The van der Waals surface area contributed by atoms with Crippen LogP contribution in [0, 0.1) is 0 Å². The van der Waals surface area contributed by atoms with Crippen LogP contribution in [0.1, 0.15) is 50.7 Å². The summed E-state index contributed by atoms with van der Waals surface area (Å²) in [6.45, 7) is 9.28. The molecule has 1 heterocycles. The predicted molar refractivity (Wildman–Crippen MR) is 193 cm³/mol. The molecule has 0 aromatic heterocycles. The Morgan fingerprint density at radius 1 is 0.727 bits per heavy atom. The van der Waals surface area contributed by atoms with E-state index in [1.54, 1.807) is 0 Å². The van der Waals surface area contributed by atoms with Crippen LogP contribution in [0.5, 0.6) is 0 Å². The van der Waals surface area contributed by atoms with Crippen molar-refractivity contribution in [3.8, 4) is 0 Å². The maximum absolute atomic E-state index is 4.62. The van der Waals surface area contributed by atoms with E-state index in [1.165, 1.54) is 68.2 Å². The maximum atomic E-state index is 4.62. The lowest BCUT2D eigenvalue weighted by Crippen LogP contribution is -2.25. The molecule has 0 spiro atoms. The highest BCUT2D eigenvalue weighted by atomic mass is 15.2. The minimum absolute atomic E-state index is 0.0389. The zero-order chi connectivity index (χ0) is 30.7. The van der Waals surface area contributed by atoms with Crippen LogP contribution < -0.4 is 10.2 Å². The molecule has 2 aliphatic rings. The summed E-state index contributed by atoms with van der Waals surface area (Å²) in [6, 6.07) is 26.4. The molecule has 0 bridgehead atoms. The van der Waals surface area contributed by atoms with Crippen LogP contribution in [-0.2, 0) is 10.8 Å². The van der Waals surface area contributed by atoms with Crippen molar-refractivity contribution in [2.45, 2.75) is 50.4 Å². The average Bonchev–Trinajstić information content (AvgIpc) is 3.61. The molecule has 44 heavy (non-hydrogen) atoms. The topological polar surface area (TPSA) is 15.3 Å². The third-order valence-electron chi connectivity index (χ3n) is 9.86. The molecule has 4 aromatic rings. The van der Waals surface area contributed by atoms with E-state index in [4.69, 9.17) is 0 Å². The molecule has 1 N–H and O–H groups in total. The van der Waals surface area contributed by atoms with Gasteiger partial charge in [0.15, 0.2) is 0 Å². The number of rotatable bonds is 8. The lowest BCUT2D eigenvalue weighted by Gasteiger charge is -2.34. The van der Waals surface area contributed by atoms with E-state index in [1.807, 2.05) is 7.05 Å². The van der Waals surface area contributed by atoms with Crippen molar-refractivity contribution in [2.75, 3.05) is 24.3 Å². The van der Waals surface area contributed by atoms with Gasteiger partial charge in [0.2, 0.25) is 0 Å². The second-order valence-electron chi connectivity index (χ2n) is 12.7. The molecule has 1 aliphatic carbocycles. The zero-order valence-corrected chi connectivity index (χ0v) is 26.6. The van der Waals surface area contributed by atoms with E-state index in [0.717, 1.165) is 12.8 Å². The van der Waals surface area contributed by atoms with Crippen LogP contribution in [-0.4, -0.2) is 14.1 Å². The number of fused-ring (bicyclic) bond motifs is 4. The smallest absolute Gasteiger partial charge is 0.0454 e. The molecule has 222 valence electrons. The second kappa shape index (κ2) is 12.2. The van der Waals surface area contributed by atoms with Gasteiger partial charge < -0.3 is 10.2 Å². The van der Waals surface area contributed by atoms with Crippen LogP contribution in [0.3, 0.4) is 0 Å². The number of hydrogen-bond acceptors (Lipinski definition) is 2. The normalized spacial score (nSPS) is 18.6. The Balaban J connectivity index is 1.14. The maximum Gasteiger partial charge on any atom is 0.0454 e. The van der Waals surface area contributed by atoms with Crippen molar-refractivity contribution in [1.82, 2.24) is 0 Å². The minimum atomic E-state index is -0.0667. The fraction of sp³-hybridized carbons (Fsp3) is 0.238. The SMILES string of the molecule is C=C(/C=C/C=C/C=C/C=C/C=C1/N(C)c2ccc3ccccc3c2C1(C)C)C1(c2c(NC)ccc3ccccc23)CCCC1. The molecule has 4 aromatic carbocycles. The van der Waals surface area contributed by atoms with Crippen molar-refractivity contribution in [1.29, 1.82) is 0 Å². The summed E-state index contributed by atoms with van der Waals surface area (Å²) in [5.41, 5.74) is 7.71. The summed E-state index contributed by atoms with van der Waals surface area (Å²) in [6.07, 6.45) is 24.0. The molecule has 6 rings (SSSR count). The minimum Gasteiger partial charge on any atom is -0.388 e. The third-order valence-corrected chi connectivity index (χ3v) is 9.86. The fourth-order valence-corrected chi connectivity index (χ4v) is 7.70. The first-order valence-electron chi connectivity index (χ1n) is 15.9. The van der Waals surface area contributed by atoms with Crippen LogP contribution in [0.15, 0.2) is 145 Å². The summed E-state index contributed by atoms with van der Waals surface area (Å²) in [4.78, 5) is 2.34. The van der Waals surface area contributed by atoms with E-state index in [0.29, 0.717) is 0 Å². The van der Waals surface area contributed by atoms with E-state index in [9.17, 15) is 0 Å². The number of nitrogens with one attached hydrogen (secondary N) is 1. The van der Waals surface area contributed by atoms with Crippen LogP contribution in [0.25, 0.3) is 21.5 Å². The lowest BCUT2D eigenvalue weighted by molar-refractivity contribution is 0.542. The number of allylic oxidation sites excluding steroid dienone is 11. The molecule has 0 amide bonds. The van der Waals surface area contributed by atoms with E-state index >= 15 is 0 Å². The summed E-state index contributed by atoms with van der Waals surface area (Å²) in [7, 11) is 4.21.